The smallest absolute Gasteiger partial charge is 0.325 e. The molecule has 0 fully saturated rings. The maximum absolute atomic E-state index is 12.1. The van der Waals surface area contributed by atoms with E-state index in [4.69, 9.17) is 43.9 Å². The van der Waals surface area contributed by atoms with Crippen molar-refractivity contribution in [2.45, 2.75) is 12.8 Å². The summed E-state index contributed by atoms with van der Waals surface area (Å²) < 4.78 is 11.3. The number of benzene rings is 2. The van der Waals surface area contributed by atoms with Crippen LogP contribution < -0.4 is 25.8 Å². The number of nitrogens with two attached hydrogens (primary N) is 1. The number of nitrogens with zero attached hydrogens (tertiary/aromatic N) is 9. The summed E-state index contributed by atoms with van der Waals surface area (Å²) in [5.41, 5.74) is 14.8. The largest absolute Gasteiger partial charge is 0.491 e. The minimum absolute atomic E-state index is 0.0466. The van der Waals surface area contributed by atoms with Gasteiger partial charge in [-0.25, -0.2) is 14.8 Å². The van der Waals surface area contributed by atoms with Crippen LogP contribution in [0.5, 0.6) is 11.5 Å². The Hall–Kier alpha value is -5.25. The fourth-order valence-electron chi connectivity index (χ4n) is 3.64. The topological polar surface area (TPSA) is 209 Å². The van der Waals surface area contributed by atoms with Crippen molar-refractivity contribution in [2.24, 2.45) is 5.11 Å². The summed E-state index contributed by atoms with van der Waals surface area (Å²) in [4.78, 5) is 44.4. The second-order valence-corrected chi connectivity index (χ2v) is 11.5. The molecule has 0 aliphatic heterocycles. The third-order valence-electron chi connectivity index (χ3n) is 5.90. The van der Waals surface area contributed by atoms with Gasteiger partial charge in [0.2, 0.25) is 0 Å². The summed E-state index contributed by atoms with van der Waals surface area (Å²) in [5.74, 6) is 0.900. The van der Waals surface area contributed by atoms with Crippen molar-refractivity contribution in [3.63, 3.8) is 0 Å². The number of hydrogen-bond acceptors (Lipinski definition) is 11. The molecular weight excluding hydrogens is 687 g/mol. The highest BCUT2D eigenvalue weighted by Gasteiger charge is 2.10. The third kappa shape index (κ3) is 17.2. The fraction of sp³-hybridized carbons (Fsp3) is 0.312. The zero-order valence-electron chi connectivity index (χ0n) is 28.2. The van der Waals surface area contributed by atoms with E-state index in [2.05, 4.69) is 50.4 Å². The lowest BCUT2D eigenvalue weighted by Crippen LogP contribution is -2.21. The Morgan fingerprint density at radius 3 is 1.96 bits per heavy atom. The number of nitrogen functional groups attached to an aromatic ring is 1. The number of amides is 3. The van der Waals surface area contributed by atoms with Gasteiger partial charge in [0.05, 0.1) is 37.0 Å². The zero-order valence-corrected chi connectivity index (χ0v) is 29.7. The van der Waals surface area contributed by atoms with Gasteiger partial charge in [-0.05, 0) is 88.1 Å². The summed E-state index contributed by atoms with van der Waals surface area (Å²) >= 11 is 11.8. The van der Waals surface area contributed by atoms with Crippen LogP contribution in [0.1, 0.15) is 23.3 Å². The number of carbonyl (C=O) groups is 2. The molecule has 2 aromatic carbocycles. The van der Waals surface area contributed by atoms with Crippen LogP contribution in [-0.2, 0) is 0 Å². The molecule has 0 aliphatic rings. The molecule has 0 unspecified atom stereocenters. The highest BCUT2D eigenvalue weighted by Crippen LogP contribution is 2.28. The van der Waals surface area contributed by atoms with E-state index in [9.17, 15) is 9.59 Å². The van der Waals surface area contributed by atoms with Crippen molar-refractivity contribution < 1.29 is 19.1 Å². The lowest BCUT2D eigenvalue weighted by Gasteiger charge is -2.14. The Balaban J connectivity index is 0.000000284. The van der Waals surface area contributed by atoms with Gasteiger partial charge >= 0.3 is 6.03 Å². The first kappa shape index (κ1) is 40.9. The highest BCUT2D eigenvalue weighted by molar-refractivity contribution is 6.31. The monoisotopic (exact) mass is 726 g/mol. The van der Waals surface area contributed by atoms with Crippen LogP contribution in [0.15, 0.2) is 78.7 Å². The number of anilines is 3. The van der Waals surface area contributed by atoms with E-state index in [1.54, 1.807) is 36.4 Å². The van der Waals surface area contributed by atoms with E-state index in [-0.39, 0.29) is 5.69 Å². The van der Waals surface area contributed by atoms with Crippen molar-refractivity contribution >= 4 is 52.3 Å². The fourth-order valence-corrected chi connectivity index (χ4v) is 3.99. The van der Waals surface area contributed by atoms with Crippen LogP contribution in [0.2, 0.25) is 10.0 Å². The summed E-state index contributed by atoms with van der Waals surface area (Å²) in [7, 11) is 8.09. The first-order valence-electron chi connectivity index (χ1n) is 15.1. The summed E-state index contributed by atoms with van der Waals surface area (Å²) in [6.07, 6.45) is 10.3. The van der Waals surface area contributed by atoms with E-state index < -0.39 is 11.9 Å². The summed E-state index contributed by atoms with van der Waals surface area (Å²) in [6.45, 7) is 3.14. The van der Waals surface area contributed by atoms with E-state index in [0.717, 1.165) is 25.9 Å². The number of nitrogens with one attached hydrogen (secondary N) is 2. The minimum Gasteiger partial charge on any atom is -0.491 e. The Bertz CT molecular complexity index is 1660. The van der Waals surface area contributed by atoms with Gasteiger partial charge < -0.3 is 30.3 Å². The molecule has 0 radical (unpaired) electrons. The van der Waals surface area contributed by atoms with Crippen LogP contribution in [0.4, 0.5) is 22.0 Å². The third-order valence-corrected chi connectivity index (χ3v) is 6.37. The maximum atomic E-state index is 12.1. The Morgan fingerprint density at radius 2 is 1.42 bits per heavy atom. The lowest BCUT2D eigenvalue weighted by molar-refractivity contribution is 0.0995. The molecule has 2 aromatic heterocycles. The molecule has 4 rings (SSSR count). The quantitative estimate of drug-likeness (QED) is 0.0458. The number of hydrogen-bond donors (Lipinski definition) is 3. The van der Waals surface area contributed by atoms with Crippen LogP contribution in [-0.4, -0.2) is 96.2 Å². The Morgan fingerprint density at radius 1 is 0.840 bits per heavy atom. The first-order chi connectivity index (χ1) is 24.0. The predicted octanol–water partition coefficient (Wildman–Crippen LogP) is 6.28. The van der Waals surface area contributed by atoms with E-state index in [0.29, 0.717) is 52.0 Å². The van der Waals surface area contributed by atoms with Gasteiger partial charge in [0.15, 0.2) is 5.82 Å². The van der Waals surface area contributed by atoms with E-state index >= 15 is 0 Å². The number of aromatic nitrogens is 4. The molecule has 0 saturated heterocycles. The highest BCUT2D eigenvalue weighted by atomic mass is 35.5. The molecule has 0 atom stereocenters. The molecule has 3 amide bonds. The molecule has 4 aromatic rings. The normalized spacial score (nSPS) is 10.1. The molecular formula is C32H40Cl2N12O4. The molecule has 18 heteroatoms. The number of azide groups is 1. The van der Waals surface area contributed by atoms with Crippen LogP contribution >= 0.6 is 23.2 Å². The SMILES string of the molecule is CN(C)CCCOc1ccc(Cl)cc1N.CN(C)CCCOc1ccc(Cl)cc1NC(=O)Nc1cnccn1.[N-]=[N+]=NC(=O)c1cnccn1. The maximum Gasteiger partial charge on any atom is 0.325 e. The number of ether oxygens (including phenoxy) is 2. The van der Waals surface area contributed by atoms with Gasteiger partial charge in [-0.3, -0.25) is 20.1 Å². The van der Waals surface area contributed by atoms with Gasteiger partial charge in [-0.15, -0.1) is 0 Å². The second-order valence-electron chi connectivity index (χ2n) is 10.6. The standard InChI is InChI=1S/C16H20ClN5O2.C11H17ClN2O.C5H3N5O/c1-22(2)8-3-9-24-14-5-4-12(17)10-13(14)20-16(23)21-15-11-18-6-7-19-15;1-14(2)6-3-7-15-11-5-4-9(12)8-10(11)13;6-10-9-5(11)4-3-7-1-2-8-4/h4-7,10-11H,3,8-9H2,1-2H3,(H2,19,20,21,23);4-5,8H,3,6-7,13H2,1-2H3;1-3H. The number of urea groups is 1. The van der Waals surface area contributed by atoms with Crippen LogP contribution in [0.25, 0.3) is 10.4 Å². The first-order valence-corrected chi connectivity index (χ1v) is 15.8. The van der Waals surface area contributed by atoms with Crippen molar-refractivity contribution in [1.82, 2.24) is 29.7 Å². The van der Waals surface area contributed by atoms with Crippen LogP contribution in [0, 0.1) is 0 Å². The summed E-state index contributed by atoms with van der Waals surface area (Å²) in [5, 5.41) is 9.27. The van der Waals surface area contributed by atoms with Gasteiger partial charge in [-0.2, -0.15) is 0 Å². The molecule has 0 bridgehead atoms. The Kier molecular flexibility index (Phi) is 19.0. The van der Waals surface area contributed by atoms with E-state index in [1.165, 1.54) is 37.2 Å². The lowest BCUT2D eigenvalue weighted by atomic mass is 10.3. The zero-order chi connectivity index (χ0) is 36.7. The van der Waals surface area contributed by atoms with Crippen molar-refractivity contribution in [3.8, 4) is 11.5 Å². The average molecular weight is 728 g/mol. The van der Waals surface area contributed by atoms with Crippen molar-refractivity contribution in [2.75, 3.05) is 70.9 Å². The van der Waals surface area contributed by atoms with Gasteiger partial charge in [-0.1, -0.05) is 23.2 Å². The van der Waals surface area contributed by atoms with Gasteiger partial charge in [0.25, 0.3) is 5.91 Å². The average Bonchev–Trinajstić information content (AvgIpc) is 3.08. The molecule has 0 spiro atoms. The molecule has 50 heavy (non-hydrogen) atoms. The van der Waals surface area contributed by atoms with Gasteiger partial charge in [0, 0.05) is 52.8 Å². The Labute approximate surface area is 300 Å². The minimum atomic E-state index is -0.722. The molecule has 4 N–H and O–H groups in total. The van der Waals surface area contributed by atoms with Gasteiger partial charge in [0.1, 0.15) is 17.2 Å². The van der Waals surface area contributed by atoms with E-state index in [1.807, 2.05) is 28.2 Å². The molecule has 0 saturated carbocycles. The molecule has 0 aliphatic carbocycles. The predicted molar refractivity (Wildman–Crippen MR) is 195 cm³/mol. The number of halogens is 2. The molecule has 16 nitrogen and oxygen atoms in total. The van der Waals surface area contributed by atoms with Crippen molar-refractivity contribution in [3.05, 3.63) is 99.8 Å². The number of rotatable bonds is 13. The second kappa shape index (κ2) is 23.2. The van der Waals surface area contributed by atoms with Crippen molar-refractivity contribution in [1.29, 1.82) is 0 Å². The number of carbonyl (C=O) groups excluding carboxylic acids is 2. The molecule has 2 heterocycles. The summed E-state index contributed by atoms with van der Waals surface area (Å²) in [6, 6.07) is 9.91. The molecule has 266 valence electrons. The van der Waals surface area contributed by atoms with Crippen LogP contribution in [0.3, 0.4) is 0 Å².